The van der Waals surface area contributed by atoms with E-state index in [-0.39, 0.29) is 24.4 Å². The lowest BCUT2D eigenvalue weighted by atomic mass is 10.0. The van der Waals surface area contributed by atoms with Crippen LogP contribution >= 0.6 is 0 Å². The van der Waals surface area contributed by atoms with E-state index in [9.17, 15) is 4.79 Å². The smallest absolute Gasteiger partial charge is 0.350 e. The standard InChI is InChI=1S/C36H42N8O5/c1-4-27(2)44-35(45)42(26-39-44)30-11-9-28(10-12-30)40-19-21-41(22-20-40)29-13-15-31(16-14-29)47-23-32-24-48-36(49-32,25-43-37-17-18-38-43)33-7-5-6-8-34(33)46-3/h5-18,26-27,32H,4,19-25H2,1-3H3. The van der Waals surface area contributed by atoms with Gasteiger partial charge in [0.2, 0.25) is 5.79 Å². The van der Waals surface area contributed by atoms with Crippen LogP contribution in [0.25, 0.3) is 5.69 Å². The molecule has 3 aromatic carbocycles. The quantitative estimate of drug-likeness (QED) is 0.191. The van der Waals surface area contributed by atoms with Crippen LogP contribution in [0.5, 0.6) is 11.5 Å². The van der Waals surface area contributed by atoms with E-state index in [1.165, 1.54) is 0 Å². The van der Waals surface area contributed by atoms with Crippen molar-refractivity contribution in [2.24, 2.45) is 0 Å². The van der Waals surface area contributed by atoms with Crippen LogP contribution < -0.4 is 25.0 Å². The Balaban J connectivity index is 0.926. The van der Waals surface area contributed by atoms with Crippen molar-refractivity contribution in [3.8, 4) is 17.2 Å². The number of rotatable bonds is 12. The average molecular weight is 667 g/mol. The Morgan fingerprint density at radius 2 is 1.51 bits per heavy atom. The Labute approximate surface area is 285 Å². The summed E-state index contributed by atoms with van der Waals surface area (Å²) in [5, 5.41) is 12.8. The summed E-state index contributed by atoms with van der Waals surface area (Å²) in [7, 11) is 1.63. The van der Waals surface area contributed by atoms with Gasteiger partial charge in [0.25, 0.3) is 0 Å². The molecule has 0 saturated carbocycles. The largest absolute Gasteiger partial charge is 0.496 e. The first-order chi connectivity index (χ1) is 24.0. The second-order valence-electron chi connectivity index (χ2n) is 12.3. The molecule has 3 atom stereocenters. The van der Waals surface area contributed by atoms with Gasteiger partial charge in [-0.05, 0) is 74.0 Å². The number of hydrogen-bond acceptors (Lipinski definition) is 10. The maximum absolute atomic E-state index is 12.8. The molecule has 5 aromatic rings. The molecule has 0 aliphatic carbocycles. The van der Waals surface area contributed by atoms with Crippen LogP contribution in [0.15, 0.2) is 96.3 Å². The summed E-state index contributed by atoms with van der Waals surface area (Å²) in [5.41, 5.74) is 3.78. The normalized spacial score (nSPS) is 20.0. The van der Waals surface area contributed by atoms with Crippen LogP contribution in [0.1, 0.15) is 31.9 Å². The number of benzene rings is 3. The molecule has 0 amide bonds. The minimum Gasteiger partial charge on any atom is -0.496 e. The number of methoxy groups -OCH3 is 1. The van der Waals surface area contributed by atoms with Gasteiger partial charge >= 0.3 is 5.69 Å². The minimum absolute atomic E-state index is 0.0679. The summed E-state index contributed by atoms with van der Waals surface area (Å²) in [4.78, 5) is 19.1. The molecule has 0 radical (unpaired) electrons. The molecule has 2 aromatic heterocycles. The second-order valence-corrected chi connectivity index (χ2v) is 12.3. The van der Waals surface area contributed by atoms with Crippen LogP contribution in [0, 0.1) is 0 Å². The Morgan fingerprint density at radius 1 is 0.878 bits per heavy atom. The molecule has 2 aliphatic rings. The minimum atomic E-state index is -1.11. The van der Waals surface area contributed by atoms with Crippen LogP contribution in [-0.4, -0.2) is 81.9 Å². The third kappa shape index (κ3) is 6.76. The van der Waals surface area contributed by atoms with Crippen molar-refractivity contribution in [2.75, 3.05) is 56.3 Å². The highest BCUT2D eigenvalue weighted by atomic mass is 16.8. The van der Waals surface area contributed by atoms with Gasteiger partial charge in [0.15, 0.2) is 0 Å². The fraction of sp³-hybridized carbons (Fsp3) is 0.389. The number of anilines is 2. The predicted octanol–water partition coefficient (Wildman–Crippen LogP) is 4.28. The van der Waals surface area contributed by atoms with Crippen molar-refractivity contribution in [1.29, 1.82) is 0 Å². The van der Waals surface area contributed by atoms with E-state index >= 15 is 0 Å². The van der Waals surface area contributed by atoms with Gasteiger partial charge in [0.1, 0.15) is 37.1 Å². The lowest BCUT2D eigenvalue weighted by Crippen LogP contribution is -2.46. The summed E-state index contributed by atoms with van der Waals surface area (Å²) in [6, 6.07) is 24.1. The Hall–Kier alpha value is -5.14. The number of para-hydroxylation sites is 1. The fourth-order valence-corrected chi connectivity index (χ4v) is 6.38. The van der Waals surface area contributed by atoms with E-state index in [0.29, 0.717) is 19.0 Å². The Kier molecular flexibility index (Phi) is 9.36. The zero-order valence-corrected chi connectivity index (χ0v) is 28.1. The molecule has 13 heteroatoms. The second kappa shape index (κ2) is 14.1. The van der Waals surface area contributed by atoms with Gasteiger partial charge in [-0.2, -0.15) is 20.1 Å². The highest BCUT2D eigenvalue weighted by Crippen LogP contribution is 2.40. The average Bonchev–Trinajstić information content (AvgIpc) is 3.92. The van der Waals surface area contributed by atoms with E-state index in [2.05, 4.69) is 56.3 Å². The van der Waals surface area contributed by atoms with Crippen molar-refractivity contribution in [2.45, 2.75) is 44.7 Å². The molecule has 2 fully saturated rings. The van der Waals surface area contributed by atoms with Crippen LogP contribution in [-0.2, 0) is 21.8 Å². The molecule has 2 aliphatic heterocycles. The molecule has 7 rings (SSSR count). The first kappa shape index (κ1) is 32.4. The molecular weight excluding hydrogens is 624 g/mol. The van der Waals surface area contributed by atoms with Gasteiger partial charge in [-0.15, -0.1) is 0 Å². The van der Waals surface area contributed by atoms with Crippen molar-refractivity contribution >= 4 is 11.4 Å². The van der Waals surface area contributed by atoms with Gasteiger partial charge < -0.3 is 28.7 Å². The zero-order valence-electron chi connectivity index (χ0n) is 28.1. The highest BCUT2D eigenvalue weighted by Gasteiger charge is 2.46. The molecule has 13 nitrogen and oxygen atoms in total. The zero-order chi connectivity index (χ0) is 33.8. The molecule has 2 saturated heterocycles. The van der Waals surface area contributed by atoms with Crippen LogP contribution in [0.4, 0.5) is 11.4 Å². The monoisotopic (exact) mass is 666 g/mol. The molecule has 0 N–H and O–H groups in total. The van der Waals surface area contributed by atoms with E-state index in [0.717, 1.165) is 61.0 Å². The Morgan fingerprint density at radius 3 is 2.16 bits per heavy atom. The lowest BCUT2D eigenvalue weighted by molar-refractivity contribution is -0.193. The van der Waals surface area contributed by atoms with Crippen molar-refractivity contribution in [3.05, 3.63) is 108 Å². The van der Waals surface area contributed by atoms with Crippen molar-refractivity contribution < 1.29 is 18.9 Å². The van der Waals surface area contributed by atoms with E-state index in [1.807, 2.05) is 55.5 Å². The molecule has 3 unspecified atom stereocenters. The summed E-state index contributed by atoms with van der Waals surface area (Å²) in [6.07, 6.45) is 5.41. The number of aromatic nitrogens is 6. The van der Waals surface area contributed by atoms with Gasteiger partial charge in [0, 0.05) is 37.6 Å². The number of piperazine rings is 1. The third-order valence-electron chi connectivity index (χ3n) is 9.31. The molecule has 256 valence electrons. The number of ether oxygens (including phenoxy) is 4. The molecule has 4 heterocycles. The molecular formula is C36H42N8O5. The first-order valence-corrected chi connectivity index (χ1v) is 16.7. The summed E-state index contributed by atoms with van der Waals surface area (Å²) in [5.74, 6) is 0.332. The topological polar surface area (TPSA) is 114 Å². The summed E-state index contributed by atoms with van der Waals surface area (Å²) < 4.78 is 27.8. The first-order valence-electron chi connectivity index (χ1n) is 16.7. The molecule has 0 bridgehead atoms. The Bertz CT molecular complexity index is 1870. The van der Waals surface area contributed by atoms with E-state index in [1.54, 1.807) is 39.9 Å². The lowest BCUT2D eigenvalue weighted by Gasteiger charge is -2.37. The summed E-state index contributed by atoms with van der Waals surface area (Å²) in [6.45, 7) is 8.59. The van der Waals surface area contributed by atoms with Gasteiger partial charge in [-0.25, -0.2) is 14.0 Å². The molecule has 49 heavy (non-hydrogen) atoms. The molecule has 0 spiro atoms. The number of nitrogens with zero attached hydrogens (tertiary/aromatic N) is 8. The van der Waals surface area contributed by atoms with Crippen molar-refractivity contribution in [3.63, 3.8) is 0 Å². The predicted molar refractivity (Wildman–Crippen MR) is 185 cm³/mol. The van der Waals surface area contributed by atoms with Gasteiger partial charge in [-0.3, -0.25) is 0 Å². The van der Waals surface area contributed by atoms with Crippen molar-refractivity contribution in [1.82, 2.24) is 29.3 Å². The fourth-order valence-electron chi connectivity index (χ4n) is 6.38. The highest BCUT2D eigenvalue weighted by molar-refractivity contribution is 5.54. The van der Waals surface area contributed by atoms with E-state index < -0.39 is 5.79 Å². The third-order valence-corrected chi connectivity index (χ3v) is 9.31. The van der Waals surface area contributed by atoms with E-state index in [4.69, 9.17) is 18.9 Å². The maximum Gasteiger partial charge on any atom is 0.350 e. The SMILES string of the molecule is CCC(C)n1ncn(-c2ccc(N3CCN(c4ccc(OCC5COC(Cn6nccn6)(c6ccccc6OC)O5)cc4)CC3)cc2)c1=O. The van der Waals surface area contributed by atoms with Crippen LogP contribution in [0.3, 0.4) is 0 Å². The summed E-state index contributed by atoms with van der Waals surface area (Å²) >= 11 is 0. The van der Waals surface area contributed by atoms with Gasteiger partial charge in [0.05, 0.1) is 43.4 Å². The number of hydrogen-bond donors (Lipinski definition) is 0. The maximum atomic E-state index is 12.8. The van der Waals surface area contributed by atoms with Gasteiger partial charge in [-0.1, -0.05) is 19.1 Å². The van der Waals surface area contributed by atoms with Crippen LogP contribution in [0.2, 0.25) is 0 Å².